The number of aromatic nitrogens is 3. The summed E-state index contributed by atoms with van der Waals surface area (Å²) >= 11 is 0. The summed E-state index contributed by atoms with van der Waals surface area (Å²) in [5, 5.41) is 0. The summed E-state index contributed by atoms with van der Waals surface area (Å²) in [5.74, 6) is 1.95. The van der Waals surface area contributed by atoms with Crippen molar-refractivity contribution in [3.05, 3.63) is 221 Å². The zero-order valence-electron chi connectivity index (χ0n) is 36.7. The fourth-order valence-electron chi connectivity index (χ4n) is 9.94. The fraction of sp³-hybridized carbons (Fsp3) is 0.150. The second kappa shape index (κ2) is 14.4. The molecule has 304 valence electrons. The highest BCUT2D eigenvalue weighted by atomic mass is 15.0. The predicted molar refractivity (Wildman–Crippen MR) is 261 cm³/mol. The number of rotatable bonds is 5. The normalized spacial score (nSPS) is 13.4. The van der Waals surface area contributed by atoms with E-state index in [-0.39, 0.29) is 10.8 Å². The van der Waals surface area contributed by atoms with Gasteiger partial charge in [0.05, 0.1) is 5.41 Å². The minimum Gasteiger partial charge on any atom is -0.208 e. The van der Waals surface area contributed by atoms with E-state index in [2.05, 4.69) is 193 Å². The molecule has 0 unspecified atom stereocenters. The molecule has 9 aromatic rings. The molecular weight excluding hydrogens is 763 g/mol. The molecule has 0 saturated carbocycles. The molecule has 3 heteroatoms. The monoisotopic (exact) mass is 811 g/mol. The van der Waals surface area contributed by atoms with Crippen LogP contribution in [0.3, 0.4) is 0 Å². The third-order valence-electron chi connectivity index (χ3n) is 13.3. The second-order valence-electron chi connectivity index (χ2n) is 19.3. The van der Waals surface area contributed by atoms with Gasteiger partial charge in [0, 0.05) is 16.7 Å². The lowest BCUT2D eigenvalue weighted by molar-refractivity contribution is 0.590. The van der Waals surface area contributed by atoms with Gasteiger partial charge in [-0.2, -0.15) is 0 Å². The maximum absolute atomic E-state index is 5.21. The molecule has 2 aliphatic carbocycles. The van der Waals surface area contributed by atoms with Crippen LogP contribution in [-0.2, 0) is 16.2 Å². The molecule has 0 saturated heterocycles. The van der Waals surface area contributed by atoms with Gasteiger partial charge in [0.25, 0.3) is 0 Å². The summed E-state index contributed by atoms with van der Waals surface area (Å²) in [7, 11) is 0. The quantitative estimate of drug-likeness (QED) is 0.174. The minimum absolute atomic E-state index is 0.0736. The summed E-state index contributed by atoms with van der Waals surface area (Å²) in [6, 6.07) is 69.0. The van der Waals surface area contributed by atoms with Gasteiger partial charge in [0.15, 0.2) is 17.5 Å². The van der Waals surface area contributed by atoms with E-state index in [0.717, 1.165) is 16.7 Å². The van der Waals surface area contributed by atoms with Gasteiger partial charge < -0.3 is 0 Å². The Bertz CT molecular complexity index is 3040. The lowest BCUT2D eigenvalue weighted by Gasteiger charge is -2.31. The van der Waals surface area contributed by atoms with Crippen molar-refractivity contribution in [2.24, 2.45) is 0 Å². The van der Waals surface area contributed by atoms with E-state index in [1.165, 1.54) is 77.9 Å². The Labute approximate surface area is 371 Å². The number of hydrogen-bond acceptors (Lipinski definition) is 3. The zero-order chi connectivity index (χ0) is 43.1. The van der Waals surface area contributed by atoms with Crippen LogP contribution in [0.4, 0.5) is 0 Å². The molecule has 0 N–H and O–H groups in total. The van der Waals surface area contributed by atoms with Gasteiger partial charge in [0.2, 0.25) is 0 Å². The summed E-state index contributed by atoms with van der Waals surface area (Å²) in [4.78, 5) is 15.4. The Morgan fingerprint density at radius 2 is 0.619 bits per heavy atom. The number of fused-ring (bicyclic) bond motifs is 10. The van der Waals surface area contributed by atoms with E-state index in [9.17, 15) is 0 Å². The number of nitrogens with zero attached hydrogens (tertiary/aromatic N) is 3. The first-order valence-electron chi connectivity index (χ1n) is 22.1. The van der Waals surface area contributed by atoms with Crippen molar-refractivity contribution in [3.8, 4) is 78.7 Å². The van der Waals surface area contributed by atoms with Crippen LogP contribution in [0, 0.1) is 0 Å². The first-order valence-corrected chi connectivity index (χ1v) is 22.1. The van der Waals surface area contributed by atoms with Crippen molar-refractivity contribution in [2.45, 2.75) is 57.8 Å². The fourth-order valence-corrected chi connectivity index (χ4v) is 9.94. The van der Waals surface area contributed by atoms with Crippen LogP contribution in [0.5, 0.6) is 0 Å². The predicted octanol–water partition coefficient (Wildman–Crippen LogP) is 15.1. The molecule has 1 spiro atoms. The van der Waals surface area contributed by atoms with E-state index < -0.39 is 5.41 Å². The Hall–Kier alpha value is -7.23. The van der Waals surface area contributed by atoms with Crippen molar-refractivity contribution in [2.75, 3.05) is 0 Å². The average Bonchev–Trinajstić information content (AvgIpc) is 3.77. The van der Waals surface area contributed by atoms with Crippen LogP contribution in [0.1, 0.15) is 74.9 Å². The highest BCUT2D eigenvalue weighted by Gasteiger charge is 2.52. The first kappa shape index (κ1) is 38.7. The van der Waals surface area contributed by atoms with E-state index >= 15 is 0 Å². The molecular formula is C60H49N3. The van der Waals surface area contributed by atoms with Crippen molar-refractivity contribution in [1.82, 2.24) is 15.0 Å². The molecule has 11 rings (SSSR count). The highest BCUT2D eigenvalue weighted by Crippen LogP contribution is 2.64. The summed E-state index contributed by atoms with van der Waals surface area (Å²) in [6.07, 6.45) is 0. The summed E-state index contributed by atoms with van der Waals surface area (Å²) < 4.78 is 0. The zero-order valence-corrected chi connectivity index (χ0v) is 36.7. The standard InChI is InChI=1S/C60H49N3/c1-58(2,3)45-28-21-38(22-29-45)42-25-32-49-50-33-26-43(39-23-30-46(31-24-39)59(4,5)6)36-53(50)60(52(49)35-42)51-20-14-13-19-47(51)48-34-27-44(37-54(48)60)57-62-55(40-15-9-7-10-16-40)61-56(63-57)41-17-11-8-12-18-41/h7-37H,1-6H3. The smallest absolute Gasteiger partial charge is 0.164 e. The van der Waals surface area contributed by atoms with Crippen LogP contribution in [-0.4, -0.2) is 15.0 Å². The second-order valence-corrected chi connectivity index (χ2v) is 19.3. The molecule has 0 amide bonds. The van der Waals surface area contributed by atoms with Crippen LogP contribution in [0.15, 0.2) is 188 Å². The number of benzene rings is 8. The van der Waals surface area contributed by atoms with Crippen molar-refractivity contribution < 1.29 is 0 Å². The molecule has 0 aliphatic heterocycles. The Balaban J connectivity index is 1.17. The molecule has 2 aliphatic rings. The van der Waals surface area contributed by atoms with Gasteiger partial charge in [-0.1, -0.05) is 211 Å². The maximum Gasteiger partial charge on any atom is 0.164 e. The molecule has 0 radical (unpaired) electrons. The van der Waals surface area contributed by atoms with Crippen LogP contribution in [0.25, 0.3) is 78.7 Å². The van der Waals surface area contributed by atoms with Gasteiger partial charge in [-0.25, -0.2) is 15.0 Å². The summed E-state index contributed by atoms with van der Waals surface area (Å²) in [5.41, 5.74) is 20.0. The lowest BCUT2D eigenvalue weighted by Crippen LogP contribution is -2.26. The maximum atomic E-state index is 5.21. The van der Waals surface area contributed by atoms with E-state index in [0.29, 0.717) is 17.5 Å². The van der Waals surface area contributed by atoms with E-state index in [1.54, 1.807) is 0 Å². The van der Waals surface area contributed by atoms with E-state index in [4.69, 9.17) is 15.0 Å². The van der Waals surface area contributed by atoms with Gasteiger partial charge in [-0.3, -0.25) is 0 Å². The van der Waals surface area contributed by atoms with Gasteiger partial charge in [-0.05, 0) is 107 Å². The number of hydrogen-bond donors (Lipinski definition) is 0. The highest BCUT2D eigenvalue weighted by molar-refractivity contribution is 5.97. The third-order valence-corrected chi connectivity index (χ3v) is 13.3. The van der Waals surface area contributed by atoms with Crippen LogP contribution < -0.4 is 0 Å². The molecule has 0 bridgehead atoms. The SMILES string of the molecule is CC(C)(C)c1ccc(-c2ccc3c(c2)C2(c4ccccc4-c4ccc(-c5nc(-c6ccccc6)nc(-c6ccccc6)n5)cc42)c2cc(-c4ccc(C(C)(C)C)cc4)ccc2-3)cc1. The average molecular weight is 812 g/mol. The molecule has 1 heterocycles. The first-order chi connectivity index (χ1) is 30.5. The molecule has 63 heavy (non-hydrogen) atoms. The van der Waals surface area contributed by atoms with Crippen LogP contribution in [0.2, 0.25) is 0 Å². The van der Waals surface area contributed by atoms with Gasteiger partial charge >= 0.3 is 0 Å². The third kappa shape index (κ3) is 6.37. The molecule has 0 atom stereocenters. The Kier molecular flexibility index (Phi) is 8.86. The van der Waals surface area contributed by atoms with Crippen molar-refractivity contribution >= 4 is 0 Å². The topological polar surface area (TPSA) is 38.7 Å². The Morgan fingerprint density at radius 1 is 0.286 bits per heavy atom. The van der Waals surface area contributed by atoms with E-state index in [1.807, 2.05) is 36.4 Å². The lowest BCUT2D eigenvalue weighted by atomic mass is 9.69. The largest absolute Gasteiger partial charge is 0.208 e. The molecule has 1 aromatic heterocycles. The summed E-state index contributed by atoms with van der Waals surface area (Å²) in [6.45, 7) is 13.6. The molecule has 8 aromatic carbocycles. The molecule has 3 nitrogen and oxygen atoms in total. The van der Waals surface area contributed by atoms with Gasteiger partial charge in [-0.15, -0.1) is 0 Å². The van der Waals surface area contributed by atoms with Gasteiger partial charge in [0.1, 0.15) is 0 Å². The Morgan fingerprint density at radius 3 is 1.05 bits per heavy atom. The minimum atomic E-state index is -0.604. The van der Waals surface area contributed by atoms with Crippen molar-refractivity contribution in [3.63, 3.8) is 0 Å². The van der Waals surface area contributed by atoms with Crippen molar-refractivity contribution in [1.29, 1.82) is 0 Å². The molecule has 0 fully saturated rings. The van der Waals surface area contributed by atoms with Crippen LogP contribution >= 0.6 is 0 Å².